The zero-order valence-corrected chi connectivity index (χ0v) is 13.3. The maximum atomic E-state index is 13.9. The Hall–Kier alpha value is -1.48. The number of nitriles is 1. The maximum absolute atomic E-state index is 13.9. The molecular formula is C17H23FN2O2. The second-order valence-electron chi connectivity index (χ2n) is 6.38. The summed E-state index contributed by atoms with van der Waals surface area (Å²) in [5, 5.41) is 21.9. The molecule has 2 N–H and O–H groups in total. The van der Waals surface area contributed by atoms with E-state index in [-0.39, 0.29) is 18.1 Å². The number of aliphatic hydroxyl groups is 1. The first-order valence-electron chi connectivity index (χ1n) is 7.56. The van der Waals surface area contributed by atoms with Gasteiger partial charge in [0.2, 0.25) is 0 Å². The van der Waals surface area contributed by atoms with Crippen LogP contribution in [0, 0.1) is 22.6 Å². The van der Waals surface area contributed by atoms with Crippen molar-refractivity contribution in [3.05, 3.63) is 35.1 Å². The zero-order chi connectivity index (χ0) is 16.4. The summed E-state index contributed by atoms with van der Waals surface area (Å²) < 4.78 is 19.6. The molecule has 0 heterocycles. The number of rotatable bonds is 6. The molecular weight excluding hydrogens is 283 g/mol. The number of hydrogen-bond donors (Lipinski definition) is 2. The molecule has 0 saturated heterocycles. The van der Waals surface area contributed by atoms with Gasteiger partial charge in [0, 0.05) is 24.1 Å². The van der Waals surface area contributed by atoms with E-state index < -0.39 is 11.4 Å². The molecule has 0 aromatic heterocycles. The molecule has 1 aliphatic carbocycles. The normalized spacial score (nSPS) is 26.3. The highest BCUT2D eigenvalue weighted by Crippen LogP contribution is 2.51. The lowest BCUT2D eigenvalue weighted by Crippen LogP contribution is -2.73. The van der Waals surface area contributed by atoms with Gasteiger partial charge in [-0.15, -0.1) is 0 Å². The standard InChI is InChI=1S/C17H23FN2O2/c1-4-22-15-8-17(11-21,16(15,2)3)20-10-13-6-5-12(9-19)7-14(13)18/h5-7,15,20-21H,4,8,10-11H2,1-3H3/t15-,17+/m0/s1. The molecule has 2 rings (SSSR count). The second kappa shape index (κ2) is 6.33. The first kappa shape index (κ1) is 16.9. The topological polar surface area (TPSA) is 65.3 Å². The van der Waals surface area contributed by atoms with E-state index in [1.807, 2.05) is 13.0 Å². The molecule has 1 aromatic rings. The first-order chi connectivity index (χ1) is 10.4. The lowest BCUT2D eigenvalue weighted by molar-refractivity contribution is -0.177. The molecule has 1 aliphatic rings. The summed E-state index contributed by atoms with van der Waals surface area (Å²) in [7, 11) is 0. The lowest BCUT2D eigenvalue weighted by Gasteiger charge is -2.60. The molecule has 22 heavy (non-hydrogen) atoms. The monoisotopic (exact) mass is 306 g/mol. The Morgan fingerprint density at radius 1 is 1.50 bits per heavy atom. The number of halogens is 1. The van der Waals surface area contributed by atoms with Gasteiger partial charge in [-0.1, -0.05) is 19.9 Å². The molecule has 1 aromatic carbocycles. The second-order valence-corrected chi connectivity index (χ2v) is 6.38. The molecule has 0 amide bonds. The third-order valence-corrected chi connectivity index (χ3v) is 5.01. The zero-order valence-electron chi connectivity index (χ0n) is 13.3. The van der Waals surface area contributed by atoms with E-state index in [0.29, 0.717) is 30.7 Å². The highest BCUT2D eigenvalue weighted by molar-refractivity contribution is 5.33. The van der Waals surface area contributed by atoms with Crippen LogP contribution in [0.3, 0.4) is 0 Å². The van der Waals surface area contributed by atoms with Crippen LogP contribution in [0.2, 0.25) is 0 Å². The van der Waals surface area contributed by atoms with Gasteiger partial charge < -0.3 is 15.2 Å². The minimum atomic E-state index is -0.479. The number of aliphatic hydroxyl groups excluding tert-OH is 1. The van der Waals surface area contributed by atoms with E-state index in [4.69, 9.17) is 10.00 Å². The van der Waals surface area contributed by atoms with Crippen LogP contribution in [0.1, 0.15) is 38.3 Å². The molecule has 5 heteroatoms. The molecule has 0 radical (unpaired) electrons. The van der Waals surface area contributed by atoms with Crippen molar-refractivity contribution >= 4 is 0 Å². The van der Waals surface area contributed by atoms with Crippen LogP contribution >= 0.6 is 0 Å². The summed E-state index contributed by atoms with van der Waals surface area (Å²) in [4.78, 5) is 0. The Balaban J connectivity index is 2.08. The predicted molar refractivity (Wildman–Crippen MR) is 81.6 cm³/mol. The molecule has 1 fully saturated rings. The Bertz CT molecular complexity index is 583. The Labute approximate surface area is 130 Å². The fourth-order valence-corrected chi connectivity index (χ4v) is 3.13. The SMILES string of the molecule is CCO[C@H]1C[C@](CO)(NCc2ccc(C#N)cc2F)C1(C)C. The summed E-state index contributed by atoms with van der Waals surface area (Å²) in [6, 6.07) is 6.36. The maximum Gasteiger partial charge on any atom is 0.129 e. The van der Waals surface area contributed by atoms with E-state index >= 15 is 0 Å². The molecule has 4 nitrogen and oxygen atoms in total. The minimum Gasteiger partial charge on any atom is -0.394 e. The van der Waals surface area contributed by atoms with Gasteiger partial charge in [0.05, 0.1) is 29.9 Å². The molecule has 120 valence electrons. The average Bonchev–Trinajstić information content (AvgIpc) is 2.51. The number of nitrogens with zero attached hydrogens (tertiary/aromatic N) is 1. The van der Waals surface area contributed by atoms with Crippen LogP contribution in [0.25, 0.3) is 0 Å². The van der Waals surface area contributed by atoms with Crippen LogP contribution in [-0.2, 0) is 11.3 Å². The Morgan fingerprint density at radius 2 is 2.23 bits per heavy atom. The largest absolute Gasteiger partial charge is 0.394 e. The van der Waals surface area contributed by atoms with Crippen molar-refractivity contribution in [3.8, 4) is 6.07 Å². The van der Waals surface area contributed by atoms with Crippen molar-refractivity contribution in [3.63, 3.8) is 0 Å². The summed E-state index contributed by atoms with van der Waals surface area (Å²) in [6.07, 6.45) is 0.783. The molecule has 0 unspecified atom stereocenters. The van der Waals surface area contributed by atoms with Gasteiger partial charge in [-0.2, -0.15) is 5.26 Å². The average molecular weight is 306 g/mol. The number of ether oxygens (including phenoxy) is 1. The van der Waals surface area contributed by atoms with E-state index in [9.17, 15) is 9.50 Å². The third-order valence-electron chi connectivity index (χ3n) is 5.01. The van der Waals surface area contributed by atoms with E-state index in [2.05, 4.69) is 19.2 Å². The van der Waals surface area contributed by atoms with Gasteiger partial charge in [0.1, 0.15) is 5.82 Å². The Kier molecular flexibility index (Phi) is 4.86. The van der Waals surface area contributed by atoms with Crippen LogP contribution in [0.4, 0.5) is 4.39 Å². The highest BCUT2D eigenvalue weighted by atomic mass is 19.1. The predicted octanol–water partition coefficient (Wildman–Crippen LogP) is 2.35. The third kappa shape index (κ3) is 2.74. The van der Waals surface area contributed by atoms with Crippen molar-refractivity contribution in [2.75, 3.05) is 13.2 Å². The Morgan fingerprint density at radius 3 is 2.73 bits per heavy atom. The molecule has 0 aliphatic heterocycles. The minimum absolute atomic E-state index is 0.0263. The molecule has 1 saturated carbocycles. The quantitative estimate of drug-likeness (QED) is 0.847. The number of nitrogens with one attached hydrogen (secondary N) is 1. The van der Waals surface area contributed by atoms with Gasteiger partial charge in [-0.05, 0) is 25.5 Å². The fourth-order valence-electron chi connectivity index (χ4n) is 3.13. The van der Waals surface area contributed by atoms with Crippen molar-refractivity contribution < 1.29 is 14.2 Å². The number of benzene rings is 1. The van der Waals surface area contributed by atoms with Crippen LogP contribution in [0.5, 0.6) is 0 Å². The van der Waals surface area contributed by atoms with Crippen LogP contribution in [-0.4, -0.2) is 30.0 Å². The van der Waals surface area contributed by atoms with Crippen LogP contribution in [0.15, 0.2) is 18.2 Å². The van der Waals surface area contributed by atoms with E-state index in [1.54, 1.807) is 12.1 Å². The van der Waals surface area contributed by atoms with Gasteiger partial charge in [-0.25, -0.2) is 4.39 Å². The first-order valence-corrected chi connectivity index (χ1v) is 7.56. The van der Waals surface area contributed by atoms with Crippen molar-refractivity contribution in [2.45, 2.75) is 45.4 Å². The summed E-state index contributed by atoms with van der Waals surface area (Å²) in [5.74, 6) is -0.405. The highest BCUT2D eigenvalue weighted by Gasteiger charge is 2.60. The van der Waals surface area contributed by atoms with Gasteiger partial charge in [0.15, 0.2) is 0 Å². The van der Waals surface area contributed by atoms with Crippen molar-refractivity contribution in [1.29, 1.82) is 5.26 Å². The fraction of sp³-hybridized carbons (Fsp3) is 0.588. The summed E-state index contributed by atoms with van der Waals surface area (Å²) in [6.45, 7) is 6.97. The van der Waals surface area contributed by atoms with Crippen molar-refractivity contribution in [2.24, 2.45) is 5.41 Å². The van der Waals surface area contributed by atoms with Gasteiger partial charge in [-0.3, -0.25) is 0 Å². The van der Waals surface area contributed by atoms with Gasteiger partial charge >= 0.3 is 0 Å². The van der Waals surface area contributed by atoms with Gasteiger partial charge in [0.25, 0.3) is 0 Å². The summed E-state index contributed by atoms with van der Waals surface area (Å²) in [5.41, 5.74) is 0.0783. The molecule has 0 bridgehead atoms. The molecule has 0 spiro atoms. The lowest BCUT2D eigenvalue weighted by atomic mass is 9.54. The number of hydrogen-bond acceptors (Lipinski definition) is 4. The molecule has 2 atom stereocenters. The van der Waals surface area contributed by atoms with E-state index in [1.165, 1.54) is 6.07 Å². The smallest absolute Gasteiger partial charge is 0.129 e. The van der Waals surface area contributed by atoms with Crippen LogP contribution < -0.4 is 5.32 Å². The van der Waals surface area contributed by atoms with E-state index in [0.717, 1.165) is 0 Å². The van der Waals surface area contributed by atoms with Crippen molar-refractivity contribution in [1.82, 2.24) is 5.32 Å². The summed E-state index contributed by atoms with van der Waals surface area (Å²) >= 11 is 0.